The average Bonchev–Trinajstić information content (AvgIpc) is 3.70. The smallest absolute Gasteiger partial charge is 0.409 e. The lowest BCUT2D eigenvalue weighted by Crippen LogP contribution is -2.41. The summed E-state index contributed by atoms with van der Waals surface area (Å²) in [6.07, 6.45) is 3.27. The molecule has 42 heavy (non-hydrogen) atoms. The second-order valence-corrected chi connectivity index (χ2v) is 9.43. The molecule has 1 amide bonds. The van der Waals surface area contributed by atoms with Gasteiger partial charge in [0.25, 0.3) is 6.43 Å². The van der Waals surface area contributed by atoms with Crippen molar-refractivity contribution in [3.8, 4) is 27.9 Å². The number of alkyl halides is 2. The van der Waals surface area contributed by atoms with Crippen LogP contribution in [0, 0.1) is 11.0 Å². The molecule has 5 aromatic rings. The summed E-state index contributed by atoms with van der Waals surface area (Å²) in [5.41, 5.74) is 1.06. The number of benzene rings is 1. The Morgan fingerprint density at radius 3 is 2.69 bits per heavy atom. The van der Waals surface area contributed by atoms with Gasteiger partial charge in [-0.15, -0.1) is 5.10 Å². The van der Waals surface area contributed by atoms with Crippen molar-refractivity contribution in [2.75, 3.05) is 20.7 Å². The largest absolute Gasteiger partial charge is 0.618 e. The van der Waals surface area contributed by atoms with E-state index in [-0.39, 0.29) is 34.1 Å². The van der Waals surface area contributed by atoms with Gasteiger partial charge in [0, 0.05) is 31.1 Å². The highest BCUT2D eigenvalue weighted by molar-refractivity contribution is 6.31. The van der Waals surface area contributed by atoms with Crippen molar-refractivity contribution in [3.05, 3.63) is 94.9 Å². The van der Waals surface area contributed by atoms with E-state index in [1.807, 2.05) is 0 Å². The molecular formula is C26H21ClF3N9O3. The molecule has 0 aliphatic carbocycles. The Balaban J connectivity index is 1.57. The van der Waals surface area contributed by atoms with E-state index in [9.17, 15) is 18.8 Å². The van der Waals surface area contributed by atoms with Crippen LogP contribution in [0.5, 0.6) is 0 Å². The fraction of sp³-hybridized carbons (Fsp3) is 0.192. The third-order valence-corrected chi connectivity index (χ3v) is 6.73. The molecule has 0 bridgehead atoms. The van der Waals surface area contributed by atoms with E-state index in [0.717, 1.165) is 6.20 Å². The molecule has 1 aromatic carbocycles. The number of pyridine rings is 2. The summed E-state index contributed by atoms with van der Waals surface area (Å²) in [7, 11) is 2.69. The fourth-order valence-electron chi connectivity index (χ4n) is 4.38. The normalized spacial score (nSPS) is 12.0. The molecule has 0 aliphatic rings. The molecule has 5 rings (SSSR count). The first kappa shape index (κ1) is 28.5. The Morgan fingerprint density at radius 1 is 1.19 bits per heavy atom. The highest BCUT2D eigenvalue weighted by Crippen LogP contribution is 2.33. The van der Waals surface area contributed by atoms with Crippen LogP contribution < -0.4 is 4.73 Å². The van der Waals surface area contributed by atoms with Gasteiger partial charge in [-0.05, 0) is 46.3 Å². The number of hydrogen-bond donors (Lipinski definition) is 0. The first-order chi connectivity index (χ1) is 20.2. The van der Waals surface area contributed by atoms with Crippen molar-refractivity contribution in [1.82, 2.24) is 39.9 Å². The predicted octanol–water partition coefficient (Wildman–Crippen LogP) is 4.24. The maximum Gasteiger partial charge on any atom is 0.409 e. The molecule has 0 saturated carbocycles. The number of hydrogen-bond acceptors (Lipinski definition) is 8. The number of aromatic nitrogens is 8. The van der Waals surface area contributed by atoms with E-state index in [1.165, 1.54) is 77.5 Å². The molecule has 12 nitrogen and oxygen atoms in total. The molecule has 0 saturated heterocycles. The van der Waals surface area contributed by atoms with Crippen LogP contribution in [0.3, 0.4) is 0 Å². The molecule has 0 fully saturated rings. The summed E-state index contributed by atoms with van der Waals surface area (Å²) in [6, 6.07) is 7.76. The molecule has 1 atom stereocenters. The molecule has 16 heteroatoms. The van der Waals surface area contributed by atoms with Crippen molar-refractivity contribution < 1.29 is 27.4 Å². The van der Waals surface area contributed by atoms with E-state index < -0.39 is 30.1 Å². The van der Waals surface area contributed by atoms with Crippen molar-refractivity contribution in [2.24, 2.45) is 0 Å². The number of carbonyl (C=O) groups is 1. The van der Waals surface area contributed by atoms with E-state index in [4.69, 9.17) is 16.3 Å². The summed E-state index contributed by atoms with van der Waals surface area (Å²) in [5.74, 6) is -0.781. The third-order valence-electron chi connectivity index (χ3n) is 6.44. The van der Waals surface area contributed by atoms with Gasteiger partial charge in [-0.3, -0.25) is 9.67 Å². The zero-order valence-electron chi connectivity index (χ0n) is 22.0. The molecule has 0 aliphatic heterocycles. The van der Waals surface area contributed by atoms with Gasteiger partial charge in [-0.25, -0.2) is 18.0 Å². The van der Waals surface area contributed by atoms with Crippen LogP contribution in [0.1, 0.15) is 23.9 Å². The maximum atomic E-state index is 15.3. The zero-order chi connectivity index (χ0) is 30.0. The Kier molecular flexibility index (Phi) is 8.01. The van der Waals surface area contributed by atoms with Crippen LogP contribution in [0.15, 0.2) is 67.5 Å². The maximum absolute atomic E-state index is 15.3. The lowest BCUT2D eigenvalue weighted by atomic mass is 10.0. The SMILES string of the molecule is COC(=O)N(C)CC(c1ccc(-c2c(-n3cnnn3)ccc(Cl)c2F)c[n+]1[O-])n1cc(-c2ccnc(C(F)F)c2)cn1. The van der Waals surface area contributed by atoms with E-state index in [0.29, 0.717) is 15.9 Å². The monoisotopic (exact) mass is 599 g/mol. The molecule has 0 N–H and O–H groups in total. The van der Waals surface area contributed by atoms with E-state index in [1.54, 1.807) is 12.3 Å². The Hall–Kier alpha value is -5.05. The average molecular weight is 600 g/mol. The third kappa shape index (κ3) is 5.58. The van der Waals surface area contributed by atoms with Gasteiger partial charge in [0.05, 0.1) is 41.7 Å². The number of carbonyl (C=O) groups excluding carboxylic acids is 1. The van der Waals surface area contributed by atoms with Crippen molar-refractivity contribution in [3.63, 3.8) is 0 Å². The molecule has 0 radical (unpaired) electrons. The van der Waals surface area contributed by atoms with Gasteiger partial charge < -0.3 is 14.8 Å². The van der Waals surface area contributed by atoms with E-state index >= 15 is 4.39 Å². The van der Waals surface area contributed by atoms with E-state index in [2.05, 4.69) is 25.6 Å². The number of likely N-dealkylation sites (N-methyl/N-ethyl adjacent to an activating group) is 1. The second-order valence-electron chi connectivity index (χ2n) is 9.02. The minimum absolute atomic E-state index is 0.0110. The lowest BCUT2D eigenvalue weighted by Gasteiger charge is -2.23. The topological polar surface area (TPSA) is 131 Å². The number of tetrazole rings is 1. The van der Waals surface area contributed by atoms with Crippen LogP contribution >= 0.6 is 11.6 Å². The number of ether oxygens (including phenoxy) is 1. The molecular weight excluding hydrogens is 579 g/mol. The van der Waals surface area contributed by atoms with Crippen LogP contribution in [0.25, 0.3) is 27.9 Å². The number of halogens is 4. The van der Waals surface area contributed by atoms with Crippen LogP contribution in [-0.4, -0.2) is 66.7 Å². The summed E-state index contributed by atoms with van der Waals surface area (Å²) in [4.78, 5) is 17.1. The summed E-state index contributed by atoms with van der Waals surface area (Å²) in [5, 5.41) is 28.6. The Bertz CT molecular complexity index is 1730. The Labute approximate surface area is 241 Å². The molecule has 4 aromatic heterocycles. The number of amides is 1. The standard InChI is InChI=1S/C26H21ClF3N9O3/c1-36(26(40)42-2)13-22(37-11-17(10-33-37)15-7-8-31-19(9-15)25(29)30)20-5-3-16(12-39(20)41)23-21(38-14-32-34-35-38)6-4-18(27)24(23)28/h3-12,14,22,25H,13H2,1-2H3. The molecule has 216 valence electrons. The summed E-state index contributed by atoms with van der Waals surface area (Å²) >= 11 is 6.05. The minimum atomic E-state index is -2.76. The van der Waals surface area contributed by atoms with Crippen molar-refractivity contribution in [2.45, 2.75) is 12.5 Å². The van der Waals surface area contributed by atoms with Gasteiger partial charge in [0.1, 0.15) is 12.0 Å². The zero-order valence-corrected chi connectivity index (χ0v) is 22.7. The van der Waals surface area contributed by atoms with Gasteiger partial charge >= 0.3 is 6.09 Å². The number of methoxy groups -OCH3 is 1. The van der Waals surface area contributed by atoms with Crippen molar-refractivity contribution in [1.29, 1.82) is 0 Å². The molecule has 1 unspecified atom stereocenters. The molecule has 4 heterocycles. The molecule has 0 spiro atoms. The summed E-state index contributed by atoms with van der Waals surface area (Å²) < 4.78 is 49.7. The van der Waals surface area contributed by atoms with Gasteiger partial charge in [0.2, 0.25) is 5.69 Å². The minimum Gasteiger partial charge on any atom is -0.618 e. The second kappa shape index (κ2) is 11.8. The Morgan fingerprint density at radius 2 is 2.00 bits per heavy atom. The first-order valence-electron chi connectivity index (χ1n) is 12.2. The fourth-order valence-corrected chi connectivity index (χ4v) is 4.54. The first-order valence-corrected chi connectivity index (χ1v) is 12.6. The lowest BCUT2D eigenvalue weighted by molar-refractivity contribution is -0.615. The highest BCUT2D eigenvalue weighted by Gasteiger charge is 2.28. The quantitative estimate of drug-likeness (QED) is 0.191. The summed E-state index contributed by atoms with van der Waals surface area (Å²) in [6.45, 7) is -0.0601. The van der Waals surface area contributed by atoms with Crippen LogP contribution in [0.2, 0.25) is 5.02 Å². The van der Waals surface area contributed by atoms with Gasteiger partial charge in [-0.1, -0.05) is 11.6 Å². The number of nitrogens with zero attached hydrogens (tertiary/aromatic N) is 9. The predicted molar refractivity (Wildman–Crippen MR) is 142 cm³/mol. The van der Waals surface area contributed by atoms with Gasteiger partial charge in [0.15, 0.2) is 18.1 Å². The van der Waals surface area contributed by atoms with Crippen molar-refractivity contribution >= 4 is 17.7 Å². The highest BCUT2D eigenvalue weighted by atomic mass is 35.5. The van der Waals surface area contributed by atoms with Crippen LogP contribution in [-0.2, 0) is 4.74 Å². The van der Waals surface area contributed by atoms with Gasteiger partial charge in [-0.2, -0.15) is 14.5 Å². The number of rotatable bonds is 8. The van der Waals surface area contributed by atoms with Crippen LogP contribution in [0.4, 0.5) is 18.0 Å².